The molecule has 1 aromatic carbocycles. The number of ether oxygens (including phenoxy) is 2. The molecule has 1 fully saturated rings. The van der Waals surface area contributed by atoms with Crippen LogP contribution in [0.25, 0.3) is 0 Å². The highest BCUT2D eigenvalue weighted by Gasteiger charge is 2.27. The molecule has 1 atom stereocenters. The molecule has 4 rings (SSSR count). The maximum absolute atomic E-state index is 12.7. The van der Waals surface area contributed by atoms with Crippen LogP contribution in [0.4, 0.5) is 5.69 Å². The Labute approximate surface area is 150 Å². The summed E-state index contributed by atoms with van der Waals surface area (Å²) in [7, 11) is 0. The Bertz CT molecular complexity index is 779. The van der Waals surface area contributed by atoms with Crippen molar-refractivity contribution >= 4 is 23.1 Å². The van der Waals surface area contributed by atoms with E-state index in [1.807, 2.05) is 30.0 Å². The lowest BCUT2D eigenvalue weighted by Crippen LogP contribution is -2.45. The van der Waals surface area contributed by atoms with Crippen molar-refractivity contribution in [2.45, 2.75) is 25.8 Å². The first-order chi connectivity index (χ1) is 12.2. The third-order valence-electron chi connectivity index (χ3n) is 4.47. The van der Waals surface area contributed by atoms with E-state index in [1.54, 1.807) is 0 Å². The molecule has 8 heteroatoms. The van der Waals surface area contributed by atoms with Crippen molar-refractivity contribution in [2.75, 3.05) is 31.6 Å². The van der Waals surface area contributed by atoms with E-state index in [0.717, 1.165) is 36.6 Å². The molecule has 7 nitrogen and oxygen atoms in total. The van der Waals surface area contributed by atoms with Crippen molar-refractivity contribution in [3.05, 3.63) is 28.8 Å². The van der Waals surface area contributed by atoms with Crippen molar-refractivity contribution in [3.63, 3.8) is 0 Å². The Kier molecular flexibility index (Phi) is 4.44. The van der Waals surface area contributed by atoms with Crippen molar-refractivity contribution < 1.29 is 14.3 Å². The summed E-state index contributed by atoms with van der Waals surface area (Å²) in [6.45, 7) is 4.43. The second kappa shape index (κ2) is 6.87. The van der Waals surface area contributed by atoms with Crippen LogP contribution < -0.4 is 14.8 Å². The van der Waals surface area contributed by atoms with Gasteiger partial charge in [-0.1, -0.05) is 4.49 Å². The first-order valence-corrected chi connectivity index (χ1v) is 9.22. The van der Waals surface area contributed by atoms with E-state index < -0.39 is 0 Å². The van der Waals surface area contributed by atoms with Crippen molar-refractivity contribution in [1.82, 2.24) is 14.5 Å². The number of aromatic nitrogens is 2. The zero-order valence-electron chi connectivity index (χ0n) is 14.0. The molecule has 0 radical (unpaired) electrons. The van der Waals surface area contributed by atoms with E-state index in [9.17, 15) is 4.79 Å². The number of rotatable bonds is 3. The fraction of sp³-hybridized carbons (Fsp3) is 0.471. The summed E-state index contributed by atoms with van der Waals surface area (Å²) in [5.41, 5.74) is 1.69. The molecule has 0 aliphatic carbocycles. The Hall–Kier alpha value is -2.35. The van der Waals surface area contributed by atoms with Crippen LogP contribution >= 0.6 is 11.5 Å². The highest BCUT2D eigenvalue weighted by Crippen LogP contribution is 2.33. The SMILES string of the molecule is Cc1nnsc1C(=O)N1CCC[C@@H](Nc2ccc3c(c2)OCCO3)C1. The fourth-order valence-electron chi connectivity index (χ4n) is 3.22. The quantitative estimate of drug-likeness (QED) is 0.905. The topological polar surface area (TPSA) is 76.6 Å². The van der Waals surface area contributed by atoms with Crippen LogP contribution in [0.5, 0.6) is 11.5 Å². The number of nitrogens with one attached hydrogen (secondary N) is 1. The molecule has 2 aliphatic heterocycles. The van der Waals surface area contributed by atoms with Gasteiger partial charge in [0.15, 0.2) is 11.5 Å². The highest BCUT2D eigenvalue weighted by molar-refractivity contribution is 7.07. The number of nitrogens with zero attached hydrogens (tertiary/aromatic N) is 3. The van der Waals surface area contributed by atoms with Gasteiger partial charge in [0.1, 0.15) is 18.1 Å². The molecule has 1 amide bonds. The van der Waals surface area contributed by atoms with Crippen molar-refractivity contribution in [2.24, 2.45) is 0 Å². The number of anilines is 1. The zero-order valence-corrected chi connectivity index (χ0v) is 14.8. The summed E-state index contributed by atoms with van der Waals surface area (Å²) in [5, 5.41) is 7.46. The van der Waals surface area contributed by atoms with Crippen LogP contribution in [0, 0.1) is 6.92 Å². The minimum absolute atomic E-state index is 0.0289. The predicted octanol–water partition coefficient (Wildman–Crippen LogP) is 2.33. The average molecular weight is 360 g/mol. The number of benzene rings is 1. The van der Waals surface area contributed by atoms with Gasteiger partial charge in [0.25, 0.3) is 5.91 Å². The molecule has 3 heterocycles. The molecule has 25 heavy (non-hydrogen) atoms. The number of hydrogen-bond acceptors (Lipinski definition) is 7. The summed E-state index contributed by atoms with van der Waals surface area (Å²) >= 11 is 1.17. The van der Waals surface area contributed by atoms with Gasteiger partial charge in [-0.2, -0.15) is 0 Å². The second-order valence-corrected chi connectivity index (χ2v) is 7.03. The lowest BCUT2D eigenvalue weighted by atomic mass is 10.0. The van der Waals surface area contributed by atoms with E-state index in [-0.39, 0.29) is 11.9 Å². The van der Waals surface area contributed by atoms with Crippen molar-refractivity contribution in [3.8, 4) is 11.5 Å². The fourth-order valence-corrected chi connectivity index (χ4v) is 3.84. The summed E-state index contributed by atoms with van der Waals surface area (Å²) in [6.07, 6.45) is 2.00. The van der Waals surface area contributed by atoms with E-state index in [4.69, 9.17) is 9.47 Å². The lowest BCUT2D eigenvalue weighted by molar-refractivity contribution is 0.0719. The number of hydrogen-bond donors (Lipinski definition) is 1. The smallest absolute Gasteiger partial charge is 0.267 e. The lowest BCUT2D eigenvalue weighted by Gasteiger charge is -2.33. The zero-order chi connectivity index (χ0) is 17.2. The molecule has 2 aliphatic rings. The first-order valence-electron chi connectivity index (χ1n) is 8.45. The number of piperidine rings is 1. The Morgan fingerprint density at radius 2 is 2.16 bits per heavy atom. The molecule has 0 spiro atoms. The van der Waals surface area contributed by atoms with Crippen LogP contribution in [0.3, 0.4) is 0 Å². The number of carbonyl (C=O) groups excluding carboxylic acids is 1. The third-order valence-corrected chi connectivity index (χ3v) is 5.28. The summed E-state index contributed by atoms with van der Waals surface area (Å²) in [5.74, 6) is 1.58. The van der Waals surface area contributed by atoms with E-state index in [2.05, 4.69) is 14.9 Å². The number of likely N-dealkylation sites (tertiary alicyclic amines) is 1. The first kappa shape index (κ1) is 16.1. The maximum Gasteiger partial charge on any atom is 0.267 e. The van der Waals surface area contributed by atoms with Gasteiger partial charge >= 0.3 is 0 Å². The Balaban J connectivity index is 1.43. The van der Waals surface area contributed by atoms with Gasteiger partial charge in [0, 0.05) is 30.9 Å². The molecule has 0 saturated carbocycles. The number of fused-ring (bicyclic) bond motifs is 1. The van der Waals surface area contributed by atoms with Crippen LogP contribution in [0.1, 0.15) is 28.2 Å². The van der Waals surface area contributed by atoms with Crippen molar-refractivity contribution in [1.29, 1.82) is 0 Å². The Morgan fingerprint density at radius 3 is 2.96 bits per heavy atom. The molecule has 1 aromatic heterocycles. The van der Waals surface area contributed by atoms with Gasteiger partial charge in [-0.3, -0.25) is 4.79 Å². The number of carbonyl (C=O) groups is 1. The summed E-state index contributed by atoms with van der Waals surface area (Å²) in [4.78, 5) is 15.2. The Morgan fingerprint density at radius 1 is 1.32 bits per heavy atom. The van der Waals surface area contributed by atoms with Gasteiger partial charge in [-0.05, 0) is 43.4 Å². The van der Waals surface area contributed by atoms with E-state index in [0.29, 0.717) is 30.3 Å². The van der Waals surface area contributed by atoms with Crippen LogP contribution in [-0.2, 0) is 0 Å². The van der Waals surface area contributed by atoms with Crippen LogP contribution in [0.2, 0.25) is 0 Å². The predicted molar refractivity (Wildman–Crippen MR) is 94.6 cm³/mol. The normalized spacial score (nSPS) is 19.6. The van der Waals surface area contributed by atoms with Gasteiger partial charge in [0.05, 0.1) is 5.69 Å². The monoisotopic (exact) mass is 360 g/mol. The molecule has 0 unspecified atom stereocenters. The van der Waals surface area contributed by atoms with Gasteiger partial charge in [-0.25, -0.2) is 0 Å². The minimum atomic E-state index is 0.0289. The minimum Gasteiger partial charge on any atom is -0.486 e. The molecule has 2 aromatic rings. The van der Waals surface area contributed by atoms with Gasteiger partial charge in [-0.15, -0.1) is 5.10 Å². The van der Waals surface area contributed by atoms with E-state index in [1.165, 1.54) is 11.5 Å². The maximum atomic E-state index is 12.7. The summed E-state index contributed by atoms with van der Waals surface area (Å²) < 4.78 is 15.1. The molecule has 1 saturated heterocycles. The van der Waals surface area contributed by atoms with Crippen LogP contribution in [-0.4, -0.2) is 52.7 Å². The molecule has 0 bridgehead atoms. The standard InChI is InChI=1S/C17H20N4O3S/c1-11-16(25-20-19-11)17(22)21-6-2-3-13(10-21)18-12-4-5-14-15(9-12)24-8-7-23-14/h4-5,9,13,18H,2-3,6-8,10H2,1H3/t13-/m1/s1. The van der Waals surface area contributed by atoms with E-state index >= 15 is 0 Å². The van der Waals surface area contributed by atoms with Crippen LogP contribution in [0.15, 0.2) is 18.2 Å². The number of aryl methyl sites for hydroxylation is 1. The average Bonchev–Trinajstić information content (AvgIpc) is 3.07. The second-order valence-electron chi connectivity index (χ2n) is 6.28. The van der Waals surface area contributed by atoms with Gasteiger partial charge in [0.2, 0.25) is 0 Å². The summed E-state index contributed by atoms with van der Waals surface area (Å²) in [6, 6.07) is 6.09. The third kappa shape index (κ3) is 3.39. The number of amides is 1. The largest absolute Gasteiger partial charge is 0.486 e. The van der Waals surface area contributed by atoms with Gasteiger partial charge < -0.3 is 19.7 Å². The molecule has 1 N–H and O–H groups in total. The molecular weight excluding hydrogens is 340 g/mol. The molecular formula is C17H20N4O3S. The highest BCUT2D eigenvalue weighted by atomic mass is 32.1. The molecule has 132 valence electrons.